The average molecular weight is 484 g/mol. The van der Waals surface area contributed by atoms with E-state index in [2.05, 4.69) is 22.3 Å². The van der Waals surface area contributed by atoms with Crippen LogP contribution in [0.2, 0.25) is 0 Å². The number of carbonyl (C=O) groups excluding carboxylic acids is 3. The van der Waals surface area contributed by atoms with Gasteiger partial charge in [-0.1, -0.05) is 36.4 Å². The molecule has 0 atom stereocenters. The van der Waals surface area contributed by atoms with Crippen LogP contribution in [-0.2, 0) is 13.1 Å². The second-order valence-corrected chi connectivity index (χ2v) is 9.31. The van der Waals surface area contributed by atoms with Crippen molar-refractivity contribution in [2.75, 3.05) is 20.2 Å². The zero-order valence-corrected chi connectivity index (χ0v) is 20.3. The summed E-state index contributed by atoms with van der Waals surface area (Å²) in [5, 5.41) is 3.15. The first kappa shape index (κ1) is 23.8. The maximum atomic E-state index is 12.8. The van der Waals surface area contributed by atoms with Crippen molar-refractivity contribution in [3.8, 4) is 5.75 Å². The first-order valence-electron chi connectivity index (χ1n) is 12.2. The monoisotopic (exact) mass is 483 g/mol. The molecule has 7 nitrogen and oxygen atoms in total. The number of hydrogen-bond donors (Lipinski definition) is 1. The van der Waals surface area contributed by atoms with Crippen LogP contribution in [0.3, 0.4) is 0 Å². The molecule has 1 fully saturated rings. The van der Waals surface area contributed by atoms with Crippen molar-refractivity contribution in [2.24, 2.45) is 0 Å². The Morgan fingerprint density at radius 1 is 0.861 bits per heavy atom. The third kappa shape index (κ3) is 5.02. The van der Waals surface area contributed by atoms with Crippen LogP contribution in [0, 0.1) is 0 Å². The van der Waals surface area contributed by atoms with Gasteiger partial charge in [0.1, 0.15) is 5.75 Å². The van der Waals surface area contributed by atoms with Crippen LogP contribution in [-0.4, -0.2) is 53.8 Å². The van der Waals surface area contributed by atoms with Gasteiger partial charge in [-0.3, -0.25) is 24.2 Å². The fourth-order valence-electron chi connectivity index (χ4n) is 4.86. The zero-order chi connectivity index (χ0) is 25.1. The van der Waals surface area contributed by atoms with Gasteiger partial charge in [-0.15, -0.1) is 0 Å². The summed E-state index contributed by atoms with van der Waals surface area (Å²) in [5.41, 5.74) is 3.46. The van der Waals surface area contributed by atoms with Crippen molar-refractivity contribution in [1.29, 1.82) is 0 Å². The second kappa shape index (κ2) is 10.3. The first-order valence-corrected chi connectivity index (χ1v) is 12.2. The highest BCUT2D eigenvalue weighted by Crippen LogP contribution is 2.24. The number of ether oxygens (including phenoxy) is 1. The van der Waals surface area contributed by atoms with E-state index in [-0.39, 0.29) is 30.3 Å². The number of amides is 3. The molecule has 1 saturated heterocycles. The molecule has 2 aliphatic heterocycles. The second-order valence-electron chi connectivity index (χ2n) is 9.31. The van der Waals surface area contributed by atoms with E-state index in [1.165, 1.54) is 10.5 Å². The Bertz CT molecular complexity index is 1240. The maximum absolute atomic E-state index is 12.8. The topological polar surface area (TPSA) is 79.0 Å². The summed E-state index contributed by atoms with van der Waals surface area (Å²) in [6, 6.07) is 22.2. The Morgan fingerprint density at radius 2 is 1.53 bits per heavy atom. The number of benzene rings is 3. The molecule has 3 aromatic rings. The number of rotatable bonds is 7. The summed E-state index contributed by atoms with van der Waals surface area (Å²) >= 11 is 0. The molecule has 0 aliphatic carbocycles. The van der Waals surface area contributed by atoms with Gasteiger partial charge >= 0.3 is 0 Å². The summed E-state index contributed by atoms with van der Waals surface area (Å²) in [6.45, 7) is 2.88. The standard InChI is InChI=1S/C29H29N3O4/c1-36-24-6-4-5-21(17-24)18-31-15-13-23(14-16-31)30-27(33)22-11-9-20(10-12-22)19-32-28(34)25-7-2-3-8-26(25)29(32)35/h2-12,17,23H,13-16,18-19H2,1H3,(H,30,33). The van der Waals surface area contributed by atoms with Gasteiger partial charge in [0.15, 0.2) is 0 Å². The number of hydrogen-bond acceptors (Lipinski definition) is 5. The minimum atomic E-state index is -0.282. The molecule has 1 N–H and O–H groups in total. The van der Waals surface area contributed by atoms with Gasteiger partial charge in [0.2, 0.25) is 0 Å². The van der Waals surface area contributed by atoms with Crippen LogP contribution < -0.4 is 10.1 Å². The average Bonchev–Trinajstić information content (AvgIpc) is 3.15. The molecule has 5 rings (SSSR count). The third-order valence-electron chi connectivity index (χ3n) is 6.90. The molecular weight excluding hydrogens is 454 g/mol. The number of methoxy groups -OCH3 is 1. The van der Waals surface area contributed by atoms with Crippen LogP contribution >= 0.6 is 0 Å². The summed E-state index contributed by atoms with van der Waals surface area (Å²) in [6.07, 6.45) is 1.79. The summed E-state index contributed by atoms with van der Waals surface area (Å²) in [7, 11) is 1.68. The predicted molar refractivity (Wildman–Crippen MR) is 136 cm³/mol. The normalized spacial score (nSPS) is 16.2. The van der Waals surface area contributed by atoms with E-state index < -0.39 is 0 Å². The molecule has 184 valence electrons. The van der Waals surface area contributed by atoms with Gasteiger partial charge in [0.25, 0.3) is 17.7 Å². The SMILES string of the molecule is COc1cccc(CN2CCC(NC(=O)c3ccc(CN4C(=O)c5ccccc5C4=O)cc3)CC2)c1. The largest absolute Gasteiger partial charge is 0.497 e. The lowest BCUT2D eigenvalue weighted by atomic mass is 10.0. The molecule has 0 unspecified atom stereocenters. The predicted octanol–water partition coefficient (Wildman–Crippen LogP) is 3.89. The number of nitrogens with one attached hydrogen (secondary N) is 1. The minimum absolute atomic E-state index is 0.103. The molecule has 7 heteroatoms. The highest BCUT2D eigenvalue weighted by Gasteiger charge is 2.35. The smallest absolute Gasteiger partial charge is 0.261 e. The van der Waals surface area contributed by atoms with Gasteiger partial charge in [0.05, 0.1) is 24.8 Å². The Labute approximate surface area is 210 Å². The minimum Gasteiger partial charge on any atom is -0.497 e. The van der Waals surface area contributed by atoms with Gasteiger partial charge < -0.3 is 10.1 Å². The highest BCUT2D eigenvalue weighted by molar-refractivity contribution is 6.21. The van der Waals surface area contributed by atoms with E-state index in [9.17, 15) is 14.4 Å². The van der Waals surface area contributed by atoms with Gasteiger partial charge in [-0.2, -0.15) is 0 Å². The summed E-state index contributed by atoms with van der Waals surface area (Å²) in [4.78, 5) is 41.6. The molecule has 0 spiro atoms. The number of likely N-dealkylation sites (tertiary alicyclic amines) is 1. The number of fused-ring (bicyclic) bond motifs is 1. The van der Waals surface area contributed by atoms with Gasteiger partial charge in [0, 0.05) is 31.2 Å². The Balaban J connectivity index is 1.12. The number of carbonyl (C=O) groups is 3. The first-order chi connectivity index (χ1) is 17.5. The molecule has 3 amide bonds. The third-order valence-corrected chi connectivity index (χ3v) is 6.90. The lowest BCUT2D eigenvalue weighted by molar-refractivity contribution is 0.0641. The van der Waals surface area contributed by atoms with Crippen LogP contribution in [0.4, 0.5) is 0 Å². The van der Waals surface area contributed by atoms with Gasteiger partial charge in [-0.25, -0.2) is 0 Å². The Hall–Kier alpha value is -3.97. The molecule has 0 radical (unpaired) electrons. The van der Waals surface area contributed by atoms with Crippen LogP contribution in [0.15, 0.2) is 72.8 Å². The fraction of sp³-hybridized carbons (Fsp3) is 0.276. The Morgan fingerprint density at radius 3 is 2.17 bits per heavy atom. The van der Waals surface area contributed by atoms with Crippen LogP contribution in [0.1, 0.15) is 55.0 Å². The maximum Gasteiger partial charge on any atom is 0.261 e. The number of imide groups is 1. The van der Waals surface area contributed by atoms with Crippen LogP contribution in [0.5, 0.6) is 5.75 Å². The molecule has 0 bridgehead atoms. The van der Waals surface area contributed by atoms with E-state index in [0.717, 1.165) is 43.8 Å². The fourth-order valence-corrected chi connectivity index (χ4v) is 4.86. The van der Waals surface area contributed by atoms with Crippen LogP contribution in [0.25, 0.3) is 0 Å². The Kier molecular flexibility index (Phi) is 6.82. The van der Waals surface area contributed by atoms with E-state index in [4.69, 9.17) is 4.74 Å². The van der Waals surface area contributed by atoms with E-state index in [1.807, 2.05) is 12.1 Å². The molecule has 36 heavy (non-hydrogen) atoms. The van der Waals surface area contributed by atoms with Crippen molar-refractivity contribution in [3.05, 3.63) is 101 Å². The quantitative estimate of drug-likeness (QED) is 0.516. The van der Waals surface area contributed by atoms with E-state index in [1.54, 1.807) is 55.6 Å². The molecule has 0 aromatic heterocycles. The van der Waals surface area contributed by atoms with Crippen molar-refractivity contribution < 1.29 is 19.1 Å². The number of nitrogens with zero attached hydrogens (tertiary/aromatic N) is 2. The van der Waals surface area contributed by atoms with E-state index >= 15 is 0 Å². The van der Waals surface area contributed by atoms with Crippen molar-refractivity contribution in [1.82, 2.24) is 15.1 Å². The van der Waals surface area contributed by atoms with E-state index in [0.29, 0.717) is 16.7 Å². The van der Waals surface area contributed by atoms with Crippen molar-refractivity contribution >= 4 is 17.7 Å². The molecule has 3 aromatic carbocycles. The van der Waals surface area contributed by atoms with Crippen molar-refractivity contribution in [3.63, 3.8) is 0 Å². The highest BCUT2D eigenvalue weighted by atomic mass is 16.5. The number of piperidine rings is 1. The summed E-state index contributed by atoms with van der Waals surface area (Å²) in [5.74, 6) is 0.197. The lowest BCUT2D eigenvalue weighted by Gasteiger charge is -2.32. The van der Waals surface area contributed by atoms with Crippen molar-refractivity contribution in [2.45, 2.75) is 32.0 Å². The molecule has 0 saturated carbocycles. The zero-order valence-electron chi connectivity index (χ0n) is 20.3. The molecule has 2 heterocycles. The lowest BCUT2D eigenvalue weighted by Crippen LogP contribution is -2.44. The summed E-state index contributed by atoms with van der Waals surface area (Å²) < 4.78 is 5.31. The van der Waals surface area contributed by atoms with Gasteiger partial charge in [-0.05, 0) is 60.4 Å². The molecular formula is C29H29N3O4. The molecule has 2 aliphatic rings.